The first kappa shape index (κ1) is 41.3. The molecule has 1 aliphatic carbocycles. The topological polar surface area (TPSA) is 206 Å². The zero-order chi connectivity index (χ0) is 39.6. The van der Waals surface area contributed by atoms with Gasteiger partial charge in [-0.1, -0.05) is 35.9 Å². The summed E-state index contributed by atoms with van der Waals surface area (Å²) >= 11 is 6.31. The van der Waals surface area contributed by atoms with Crippen LogP contribution in [0.25, 0.3) is 22.5 Å². The average molecular weight is 773 g/mol. The summed E-state index contributed by atoms with van der Waals surface area (Å²) in [6.07, 6.45) is 0.579. The van der Waals surface area contributed by atoms with E-state index in [-0.39, 0.29) is 24.2 Å². The van der Waals surface area contributed by atoms with Crippen molar-refractivity contribution in [2.24, 2.45) is 17.6 Å². The second kappa shape index (κ2) is 18.1. The number of tetrazole rings is 1. The third kappa shape index (κ3) is 11.8. The van der Waals surface area contributed by atoms with Crippen molar-refractivity contribution in [3.63, 3.8) is 0 Å². The number of anilines is 1. The lowest BCUT2D eigenvalue weighted by atomic mass is 9.81. The Bertz CT molecular complexity index is 1880. The minimum Gasteiger partial charge on any atom is -0.475 e. The number of hydrogen-bond acceptors (Lipinski definition) is 10. The average Bonchev–Trinajstić information content (AvgIpc) is 3.66. The number of alkyl carbamates (subject to hydrolysis) is 1. The molecule has 5 N–H and O–H groups in total. The van der Waals surface area contributed by atoms with Gasteiger partial charge in [0.05, 0.1) is 16.8 Å². The van der Waals surface area contributed by atoms with E-state index in [1.807, 2.05) is 51.1 Å². The zero-order valence-corrected chi connectivity index (χ0v) is 30.4. The van der Waals surface area contributed by atoms with Crippen molar-refractivity contribution < 1.29 is 42.2 Å². The second-order valence-electron chi connectivity index (χ2n) is 13.6. The number of H-pyrrole nitrogens is 1. The Balaban J connectivity index is 0.000000845. The van der Waals surface area contributed by atoms with Gasteiger partial charge in [0.15, 0.2) is 0 Å². The van der Waals surface area contributed by atoms with Gasteiger partial charge in [0.2, 0.25) is 11.7 Å². The van der Waals surface area contributed by atoms with Gasteiger partial charge in [-0.2, -0.15) is 18.4 Å². The third-order valence-corrected chi connectivity index (χ3v) is 8.65. The maximum Gasteiger partial charge on any atom is 0.490 e. The number of carboxylic acids is 1. The van der Waals surface area contributed by atoms with E-state index >= 15 is 0 Å². The van der Waals surface area contributed by atoms with Gasteiger partial charge in [-0.3, -0.25) is 14.6 Å². The highest BCUT2D eigenvalue weighted by atomic mass is 35.5. The molecule has 14 nitrogen and oxygen atoms in total. The van der Waals surface area contributed by atoms with E-state index in [1.165, 1.54) is 4.90 Å². The van der Waals surface area contributed by atoms with Crippen LogP contribution in [0.1, 0.15) is 52.0 Å². The van der Waals surface area contributed by atoms with E-state index in [1.54, 1.807) is 36.7 Å². The smallest absolute Gasteiger partial charge is 0.475 e. The minimum atomic E-state index is -5.08. The molecule has 54 heavy (non-hydrogen) atoms. The molecule has 288 valence electrons. The number of carbonyl (C=O) groups excluding carboxylic acids is 3. The lowest BCUT2D eigenvalue weighted by Crippen LogP contribution is -2.50. The fourth-order valence-corrected chi connectivity index (χ4v) is 5.91. The quantitative estimate of drug-likeness (QED) is 0.156. The number of benzene rings is 2. The first-order valence-corrected chi connectivity index (χ1v) is 17.2. The van der Waals surface area contributed by atoms with Crippen molar-refractivity contribution in [3.8, 4) is 22.5 Å². The molecule has 1 saturated carbocycles. The van der Waals surface area contributed by atoms with Gasteiger partial charge in [0.25, 0.3) is 5.91 Å². The number of nitrogens with two attached hydrogens (primary N) is 1. The van der Waals surface area contributed by atoms with E-state index in [9.17, 15) is 27.6 Å². The van der Waals surface area contributed by atoms with Crippen molar-refractivity contribution in [2.45, 2.75) is 70.7 Å². The Labute approximate surface area is 313 Å². The lowest BCUT2D eigenvalue weighted by Gasteiger charge is -2.32. The molecule has 0 saturated heterocycles. The number of alkyl halides is 3. The van der Waals surface area contributed by atoms with Gasteiger partial charge >= 0.3 is 18.2 Å². The lowest BCUT2D eigenvalue weighted by molar-refractivity contribution is -0.192. The number of halogens is 4. The summed E-state index contributed by atoms with van der Waals surface area (Å²) in [7, 11) is 0. The predicted molar refractivity (Wildman–Crippen MR) is 192 cm³/mol. The number of imide groups is 1. The van der Waals surface area contributed by atoms with E-state index in [0.717, 1.165) is 29.5 Å². The minimum absolute atomic E-state index is 0.206. The van der Waals surface area contributed by atoms with Crippen LogP contribution in [0.3, 0.4) is 0 Å². The number of amides is 3. The number of aliphatic carboxylic acids is 1. The monoisotopic (exact) mass is 772 g/mol. The van der Waals surface area contributed by atoms with Crippen molar-refractivity contribution >= 4 is 41.2 Å². The van der Waals surface area contributed by atoms with Crippen LogP contribution in [0.5, 0.6) is 0 Å². The molecule has 1 aliphatic rings. The maximum absolute atomic E-state index is 14.1. The molecule has 0 bridgehead atoms. The van der Waals surface area contributed by atoms with E-state index in [0.29, 0.717) is 41.5 Å². The van der Waals surface area contributed by atoms with E-state index in [2.05, 4.69) is 30.9 Å². The molecule has 2 aromatic heterocycles. The number of aromatic nitrogens is 5. The number of nitrogens with zero attached hydrogens (tertiary/aromatic N) is 5. The van der Waals surface area contributed by atoms with Gasteiger partial charge in [-0.25, -0.2) is 14.5 Å². The van der Waals surface area contributed by atoms with Crippen LogP contribution in [0.4, 0.5) is 23.7 Å². The second-order valence-corrected chi connectivity index (χ2v) is 14.0. The highest BCUT2D eigenvalue weighted by Gasteiger charge is 2.38. The van der Waals surface area contributed by atoms with Crippen LogP contribution in [0.2, 0.25) is 5.02 Å². The van der Waals surface area contributed by atoms with Crippen molar-refractivity contribution in [1.29, 1.82) is 0 Å². The van der Waals surface area contributed by atoms with Crippen LogP contribution < -0.4 is 16.0 Å². The van der Waals surface area contributed by atoms with Gasteiger partial charge in [-0.15, -0.1) is 10.2 Å². The van der Waals surface area contributed by atoms with Crippen molar-refractivity contribution in [3.05, 3.63) is 77.6 Å². The first-order valence-electron chi connectivity index (χ1n) is 16.9. The fraction of sp³-hybridized carbons (Fsp3) is 0.389. The molecule has 0 spiro atoms. The molecule has 0 radical (unpaired) electrons. The van der Waals surface area contributed by atoms with Crippen LogP contribution >= 0.6 is 11.6 Å². The number of aromatic amines is 1. The fourth-order valence-electron chi connectivity index (χ4n) is 5.68. The van der Waals surface area contributed by atoms with E-state index in [4.69, 9.17) is 32.0 Å². The first-order chi connectivity index (χ1) is 25.4. The number of hydrogen-bond donors (Lipinski definition) is 4. The Morgan fingerprint density at radius 2 is 1.61 bits per heavy atom. The van der Waals surface area contributed by atoms with Gasteiger partial charge in [0.1, 0.15) is 5.60 Å². The number of nitrogens with one attached hydrogen (secondary N) is 2. The highest BCUT2D eigenvalue weighted by Crippen LogP contribution is 2.33. The third-order valence-electron chi connectivity index (χ3n) is 8.35. The molecule has 1 fully saturated rings. The summed E-state index contributed by atoms with van der Waals surface area (Å²) in [6.45, 7) is 5.92. The Morgan fingerprint density at radius 3 is 2.15 bits per heavy atom. The largest absolute Gasteiger partial charge is 0.490 e. The van der Waals surface area contributed by atoms with Crippen LogP contribution in [-0.2, 0) is 25.5 Å². The highest BCUT2D eigenvalue weighted by molar-refractivity contribution is 6.33. The standard InChI is InChI=1S/C34H39ClN8O4.C2HF3O2/c1-34(2,3)47-33(46)38-19-22-6-10-25(11-7-22)31(44)43(26-14-12-24(13-15-26)30-39-41-42-40-30)32(45)29(36)18-21-4-8-23(9-5-21)27-16-17-37-20-28(27)35;3-2(4,5)1(6)7/h4-5,8-9,12-17,20,22,25,29H,6-7,10-11,18-19,36H2,1-3H3,(H,38,46)(H,39,40,41,42);(H,6,7)/t22?,25?,29-;/m0./s1. The summed E-state index contributed by atoms with van der Waals surface area (Å²) in [6, 6.07) is 15.4. The Hall–Kier alpha value is -5.42. The molecular formula is C36H40ClF3N8O6. The summed E-state index contributed by atoms with van der Waals surface area (Å²) in [5.41, 5.74) is 9.64. The normalized spacial score (nSPS) is 16.3. The summed E-state index contributed by atoms with van der Waals surface area (Å²) in [5, 5.41) is 24.5. The van der Waals surface area contributed by atoms with Crippen molar-refractivity contribution in [2.75, 3.05) is 11.4 Å². The number of rotatable bonds is 9. The molecule has 0 aliphatic heterocycles. The van der Waals surface area contributed by atoms with E-state index < -0.39 is 35.8 Å². The summed E-state index contributed by atoms with van der Waals surface area (Å²) in [5.74, 6) is -3.31. The van der Waals surface area contributed by atoms with Gasteiger partial charge < -0.3 is 20.9 Å². The number of carbonyl (C=O) groups is 4. The van der Waals surface area contributed by atoms with Gasteiger partial charge in [-0.05, 0) is 105 Å². The number of ether oxygens (including phenoxy) is 1. The Morgan fingerprint density at radius 1 is 1.00 bits per heavy atom. The zero-order valence-electron chi connectivity index (χ0n) is 29.6. The summed E-state index contributed by atoms with van der Waals surface area (Å²) in [4.78, 5) is 54.3. The van der Waals surface area contributed by atoms with Crippen LogP contribution in [-0.4, -0.2) is 79.0 Å². The molecule has 0 unspecified atom stereocenters. The number of carboxylic acid groups (broad SMARTS) is 1. The van der Waals surface area contributed by atoms with Gasteiger partial charge in [0, 0.05) is 36.0 Å². The molecule has 3 amide bonds. The molecular weight excluding hydrogens is 733 g/mol. The molecule has 18 heteroatoms. The molecule has 2 heterocycles. The van der Waals surface area contributed by atoms with Crippen LogP contribution in [0.15, 0.2) is 67.0 Å². The summed E-state index contributed by atoms with van der Waals surface area (Å²) < 4.78 is 37.1. The number of pyridine rings is 1. The molecule has 4 aromatic rings. The van der Waals surface area contributed by atoms with Crippen LogP contribution in [0, 0.1) is 11.8 Å². The molecule has 5 rings (SSSR count). The SMILES string of the molecule is CC(C)(C)OC(=O)NCC1CCC(C(=O)N(C(=O)[C@@H](N)Cc2ccc(-c3ccncc3Cl)cc2)c2ccc(-c3nn[nH]n3)cc2)CC1.O=C(O)C(F)(F)F. The maximum atomic E-state index is 14.1. The Kier molecular flexibility index (Phi) is 13.8. The predicted octanol–water partition coefficient (Wildman–Crippen LogP) is 5.98. The molecule has 1 atom stereocenters. The van der Waals surface area contributed by atoms with Crippen molar-refractivity contribution in [1.82, 2.24) is 30.9 Å². The molecule has 2 aromatic carbocycles.